The van der Waals surface area contributed by atoms with E-state index in [-0.39, 0.29) is 5.91 Å². The molecule has 2 rings (SSSR count). The highest BCUT2D eigenvalue weighted by molar-refractivity contribution is 5.93. The van der Waals surface area contributed by atoms with E-state index in [2.05, 4.69) is 23.9 Å². The third kappa shape index (κ3) is 2.98. The summed E-state index contributed by atoms with van der Waals surface area (Å²) in [6.45, 7) is 5.63. The molecule has 0 saturated carbocycles. The summed E-state index contributed by atoms with van der Waals surface area (Å²) in [6, 6.07) is 0. The van der Waals surface area contributed by atoms with Crippen LogP contribution in [0.2, 0.25) is 0 Å². The van der Waals surface area contributed by atoms with Crippen LogP contribution in [-0.4, -0.2) is 33.7 Å². The molecule has 0 radical (unpaired) electrons. The monoisotopic (exact) mass is 259 g/mol. The van der Waals surface area contributed by atoms with E-state index in [1.165, 1.54) is 11.3 Å². The summed E-state index contributed by atoms with van der Waals surface area (Å²) in [6.07, 6.45) is 4.83. The van der Waals surface area contributed by atoms with Crippen LogP contribution in [0.3, 0.4) is 0 Å². The molecular weight excluding hydrogens is 238 g/mol. The van der Waals surface area contributed by atoms with Crippen molar-refractivity contribution in [1.29, 1.82) is 0 Å². The number of aromatic nitrogens is 2. The van der Waals surface area contributed by atoms with Gasteiger partial charge in [-0.1, -0.05) is 12.8 Å². The fourth-order valence-electron chi connectivity index (χ4n) is 2.57. The molecule has 102 valence electrons. The minimum atomic E-state index is -0.0342. The van der Waals surface area contributed by atoms with Gasteiger partial charge in [0.15, 0.2) is 0 Å². The Kier molecular flexibility index (Phi) is 4.26. The van der Waals surface area contributed by atoms with Gasteiger partial charge < -0.3 is 4.90 Å². The average molecular weight is 259 g/mol. The first kappa shape index (κ1) is 13.7. The lowest BCUT2D eigenvalue weighted by Gasteiger charge is -2.31. The van der Waals surface area contributed by atoms with Crippen LogP contribution in [0.4, 0.5) is 0 Å². The Bertz CT molecular complexity index is 521. The summed E-state index contributed by atoms with van der Waals surface area (Å²) in [5.41, 5.74) is 2.46. The minimum Gasteiger partial charge on any atom is -0.331 e. The number of hydrogen-bond donors (Lipinski definition) is 0. The summed E-state index contributed by atoms with van der Waals surface area (Å²) in [7, 11) is 1.96. The van der Waals surface area contributed by atoms with Gasteiger partial charge in [-0.3, -0.25) is 9.48 Å². The van der Waals surface area contributed by atoms with Crippen molar-refractivity contribution in [2.45, 2.75) is 39.0 Å². The highest BCUT2D eigenvalue weighted by atomic mass is 16.2. The van der Waals surface area contributed by atoms with Crippen molar-refractivity contribution in [3.05, 3.63) is 17.5 Å². The van der Waals surface area contributed by atoms with Crippen LogP contribution >= 0.6 is 0 Å². The molecule has 2 heterocycles. The van der Waals surface area contributed by atoms with Crippen molar-refractivity contribution in [3.63, 3.8) is 0 Å². The van der Waals surface area contributed by atoms with Crippen LogP contribution in [-0.2, 0) is 11.8 Å². The molecule has 4 heteroatoms. The Morgan fingerprint density at radius 2 is 2.37 bits per heavy atom. The van der Waals surface area contributed by atoms with Crippen molar-refractivity contribution in [3.8, 4) is 11.8 Å². The normalized spacial score (nSPS) is 18.9. The third-order valence-electron chi connectivity index (χ3n) is 3.79. The number of carbonyl (C=O) groups excluding carboxylic acids is 1. The molecule has 19 heavy (non-hydrogen) atoms. The van der Waals surface area contributed by atoms with Gasteiger partial charge >= 0.3 is 0 Å². The van der Waals surface area contributed by atoms with E-state index in [4.69, 9.17) is 0 Å². The Hall–Kier alpha value is -1.76. The van der Waals surface area contributed by atoms with Gasteiger partial charge in [0, 0.05) is 38.2 Å². The number of nitrogens with zero attached hydrogens (tertiary/aromatic N) is 3. The highest BCUT2D eigenvalue weighted by Gasteiger charge is 2.26. The molecule has 1 saturated heterocycles. The lowest BCUT2D eigenvalue weighted by atomic mass is 9.91. The van der Waals surface area contributed by atoms with Crippen molar-refractivity contribution in [2.24, 2.45) is 7.05 Å². The second-order valence-corrected chi connectivity index (χ2v) is 5.05. The fourth-order valence-corrected chi connectivity index (χ4v) is 2.57. The number of hydrogen-bond acceptors (Lipinski definition) is 2. The van der Waals surface area contributed by atoms with Crippen molar-refractivity contribution in [2.75, 3.05) is 13.1 Å². The molecule has 0 aliphatic carbocycles. The molecule has 4 nitrogen and oxygen atoms in total. The number of rotatable bonds is 1. The number of likely N-dealkylation sites (tertiary alicyclic amines) is 1. The topological polar surface area (TPSA) is 38.1 Å². The first-order chi connectivity index (χ1) is 9.13. The highest BCUT2D eigenvalue weighted by Crippen LogP contribution is 2.28. The summed E-state index contributed by atoms with van der Waals surface area (Å²) in [4.78, 5) is 13.8. The number of carbonyl (C=O) groups is 1. The summed E-state index contributed by atoms with van der Waals surface area (Å²) < 4.78 is 1.90. The second-order valence-electron chi connectivity index (χ2n) is 5.05. The maximum absolute atomic E-state index is 12.0. The van der Waals surface area contributed by atoms with Crippen LogP contribution in [0.25, 0.3) is 0 Å². The largest absolute Gasteiger partial charge is 0.331 e. The van der Waals surface area contributed by atoms with Gasteiger partial charge in [0.1, 0.15) is 0 Å². The molecule has 1 aliphatic rings. The van der Waals surface area contributed by atoms with Gasteiger partial charge in [-0.05, 0) is 31.2 Å². The molecule has 1 fully saturated rings. The zero-order valence-corrected chi connectivity index (χ0v) is 11.9. The van der Waals surface area contributed by atoms with Gasteiger partial charge in [-0.2, -0.15) is 5.10 Å². The van der Waals surface area contributed by atoms with E-state index in [9.17, 15) is 4.79 Å². The second kappa shape index (κ2) is 5.92. The van der Waals surface area contributed by atoms with Crippen LogP contribution in [0.15, 0.2) is 6.20 Å². The van der Waals surface area contributed by atoms with Crippen LogP contribution in [0.5, 0.6) is 0 Å². The summed E-state index contributed by atoms with van der Waals surface area (Å²) in [5, 5.41) is 4.30. The SMILES string of the molecule is CCC#CC(=O)N1CCCC(c2cnn(C)c2C)C1. The van der Waals surface area contributed by atoms with Gasteiger partial charge in [0.05, 0.1) is 6.20 Å². The standard InChI is InChI=1S/C15H21N3O/c1-4-5-8-15(19)18-9-6-7-13(11-18)14-10-16-17(3)12(14)2/h10,13H,4,6-7,9,11H2,1-3H3. The van der Waals surface area contributed by atoms with Crippen molar-refractivity contribution < 1.29 is 4.79 Å². The third-order valence-corrected chi connectivity index (χ3v) is 3.79. The predicted octanol–water partition coefficient (Wildman–Crippen LogP) is 1.85. The molecule has 0 N–H and O–H groups in total. The van der Waals surface area contributed by atoms with Gasteiger partial charge in [0.2, 0.25) is 0 Å². The van der Waals surface area contributed by atoms with E-state index in [1.54, 1.807) is 0 Å². The van der Waals surface area contributed by atoms with Gasteiger partial charge in [-0.15, -0.1) is 0 Å². The Morgan fingerprint density at radius 1 is 1.58 bits per heavy atom. The molecule has 0 aromatic carbocycles. The maximum atomic E-state index is 12.0. The Labute approximate surface area is 114 Å². The molecule has 1 unspecified atom stereocenters. The smallest absolute Gasteiger partial charge is 0.298 e. The van der Waals surface area contributed by atoms with E-state index < -0.39 is 0 Å². The molecule has 0 bridgehead atoms. The molecule has 1 aromatic heterocycles. The zero-order chi connectivity index (χ0) is 13.8. The summed E-state index contributed by atoms with van der Waals surface area (Å²) in [5.74, 6) is 5.93. The van der Waals surface area contributed by atoms with Crippen molar-refractivity contribution in [1.82, 2.24) is 14.7 Å². The lowest BCUT2D eigenvalue weighted by molar-refractivity contribution is -0.126. The van der Waals surface area contributed by atoms with Gasteiger partial charge in [-0.25, -0.2) is 0 Å². The van der Waals surface area contributed by atoms with Crippen LogP contribution < -0.4 is 0 Å². The van der Waals surface area contributed by atoms with Gasteiger partial charge in [0.25, 0.3) is 5.91 Å². The lowest BCUT2D eigenvalue weighted by Crippen LogP contribution is -2.38. The average Bonchev–Trinajstić information content (AvgIpc) is 2.76. The van der Waals surface area contributed by atoms with E-state index >= 15 is 0 Å². The quantitative estimate of drug-likeness (QED) is 0.722. The number of aryl methyl sites for hydroxylation is 1. The maximum Gasteiger partial charge on any atom is 0.298 e. The summed E-state index contributed by atoms with van der Waals surface area (Å²) >= 11 is 0. The molecule has 1 aliphatic heterocycles. The predicted molar refractivity (Wildman–Crippen MR) is 74.6 cm³/mol. The fraction of sp³-hybridized carbons (Fsp3) is 0.600. The van der Waals surface area contributed by atoms with Crippen LogP contribution in [0, 0.1) is 18.8 Å². The molecule has 1 atom stereocenters. The first-order valence-electron chi connectivity index (χ1n) is 6.89. The van der Waals surface area contributed by atoms with E-state index in [0.29, 0.717) is 5.92 Å². The number of amides is 1. The number of piperidine rings is 1. The zero-order valence-electron chi connectivity index (χ0n) is 11.9. The Morgan fingerprint density at radius 3 is 3.00 bits per heavy atom. The molecule has 1 amide bonds. The molecular formula is C15H21N3O. The minimum absolute atomic E-state index is 0.0342. The van der Waals surface area contributed by atoms with Crippen LogP contribution in [0.1, 0.15) is 43.4 Å². The Balaban J connectivity index is 2.09. The first-order valence-corrected chi connectivity index (χ1v) is 6.89. The van der Waals surface area contributed by atoms with Crippen molar-refractivity contribution >= 4 is 5.91 Å². The van der Waals surface area contributed by atoms with E-state index in [0.717, 1.165) is 32.4 Å². The molecule has 1 aromatic rings. The molecule has 0 spiro atoms. The van der Waals surface area contributed by atoms with E-state index in [1.807, 2.05) is 29.7 Å².